The number of rotatable bonds is 5. The van der Waals surface area contributed by atoms with Crippen molar-refractivity contribution >= 4 is 23.5 Å². The van der Waals surface area contributed by atoms with E-state index in [1.807, 2.05) is 41.3 Å². The van der Waals surface area contributed by atoms with Gasteiger partial charge in [0.25, 0.3) is 11.9 Å². The van der Waals surface area contributed by atoms with Crippen LogP contribution in [0.2, 0.25) is 0 Å². The Labute approximate surface area is 168 Å². The highest BCUT2D eigenvalue weighted by atomic mass is 16.6. The number of aromatic nitrogens is 2. The third-order valence-corrected chi connectivity index (χ3v) is 5.22. The van der Waals surface area contributed by atoms with Crippen molar-refractivity contribution in [2.24, 2.45) is 0 Å². The highest BCUT2D eigenvalue weighted by Gasteiger charge is 2.45. The van der Waals surface area contributed by atoms with Crippen LogP contribution in [0.25, 0.3) is 11.8 Å². The van der Waals surface area contributed by atoms with Crippen LogP contribution in [0, 0.1) is 0 Å². The predicted octanol–water partition coefficient (Wildman–Crippen LogP) is 2.37. The highest BCUT2D eigenvalue weighted by Crippen LogP contribution is 2.48. The number of amides is 1. The molecule has 1 amide bonds. The van der Waals surface area contributed by atoms with E-state index in [9.17, 15) is 9.90 Å². The van der Waals surface area contributed by atoms with E-state index in [2.05, 4.69) is 9.97 Å². The van der Waals surface area contributed by atoms with E-state index < -0.39 is 12.0 Å². The lowest BCUT2D eigenvalue weighted by molar-refractivity contribution is -0.116. The molecular weight excluding hydrogens is 372 g/mol. The number of ether oxygens (including phenoxy) is 2. The maximum Gasteiger partial charge on any atom is 0.287 e. The molecule has 2 aliphatic heterocycles. The van der Waals surface area contributed by atoms with Crippen LogP contribution in [0.1, 0.15) is 22.9 Å². The van der Waals surface area contributed by atoms with Gasteiger partial charge in [0.15, 0.2) is 0 Å². The lowest BCUT2D eigenvalue weighted by Crippen LogP contribution is -2.45. The molecule has 0 radical (unpaired) electrons. The van der Waals surface area contributed by atoms with Crippen molar-refractivity contribution in [3.63, 3.8) is 0 Å². The van der Waals surface area contributed by atoms with E-state index in [1.165, 1.54) is 18.3 Å². The monoisotopic (exact) mass is 394 g/mol. The lowest BCUT2D eigenvalue weighted by Gasteiger charge is -2.43. The van der Waals surface area contributed by atoms with E-state index in [4.69, 9.17) is 9.47 Å². The number of methoxy groups -OCH3 is 2. The van der Waals surface area contributed by atoms with Crippen molar-refractivity contribution in [2.75, 3.05) is 39.3 Å². The molecule has 1 aromatic heterocycles. The maximum absolute atomic E-state index is 13.1. The van der Waals surface area contributed by atoms with Crippen molar-refractivity contribution in [2.45, 2.75) is 6.04 Å². The fourth-order valence-corrected chi connectivity index (χ4v) is 3.86. The summed E-state index contributed by atoms with van der Waals surface area (Å²) < 4.78 is 10.4. The molecule has 1 atom stereocenters. The summed E-state index contributed by atoms with van der Waals surface area (Å²) in [5, 5.41) is 10.5. The Morgan fingerprint density at radius 1 is 1.21 bits per heavy atom. The fourth-order valence-electron chi connectivity index (χ4n) is 3.86. The van der Waals surface area contributed by atoms with Gasteiger partial charge in [0.2, 0.25) is 0 Å². The van der Waals surface area contributed by atoms with Gasteiger partial charge in [-0.1, -0.05) is 30.3 Å². The molecule has 1 N–H and O–H groups in total. The summed E-state index contributed by atoms with van der Waals surface area (Å²) in [5.74, 6) is -0.268. The van der Waals surface area contributed by atoms with Crippen LogP contribution in [-0.2, 0) is 14.3 Å². The minimum absolute atomic E-state index is 0.149. The normalized spacial score (nSPS) is 19.6. The second-order valence-corrected chi connectivity index (χ2v) is 6.77. The van der Waals surface area contributed by atoms with Crippen molar-refractivity contribution in [3.05, 3.63) is 65.0 Å². The van der Waals surface area contributed by atoms with Gasteiger partial charge in [-0.15, -0.1) is 0 Å². The number of carbonyl (C=O) groups excluding carboxylic acids is 1. The summed E-state index contributed by atoms with van der Waals surface area (Å²) in [4.78, 5) is 25.4. The number of hydrogen-bond donors (Lipinski definition) is 1. The van der Waals surface area contributed by atoms with E-state index in [1.54, 1.807) is 14.2 Å². The van der Waals surface area contributed by atoms with E-state index in [0.29, 0.717) is 24.7 Å². The first kappa shape index (κ1) is 18.9. The molecule has 150 valence electrons. The summed E-state index contributed by atoms with van der Waals surface area (Å²) in [6.45, 7) is 0.928. The highest BCUT2D eigenvalue weighted by molar-refractivity contribution is 6.10. The zero-order valence-corrected chi connectivity index (χ0v) is 16.5. The Kier molecular flexibility index (Phi) is 4.94. The molecule has 0 aliphatic carbocycles. The second kappa shape index (κ2) is 7.56. The van der Waals surface area contributed by atoms with Gasteiger partial charge < -0.3 is 19.5 Å². The smallest absolute Gasteiger partial charge is 0.287 e. The number of aliphatic hydroxyl groups excluding tert-OH is 1. The van der Waals surface area contributed by atoms with Crippen molar-refractivity contribution < 1.29 is 19.4 Å². The fraction of sp³-hybridized carbons (Fsp3) is 0.286. The number of anilines is 1. The van der Waals surface area contributed by atoms with Gasteiger partial charge in [0.05, 0.1) is 25.5 Å². The zero-order valence-electron chi connectivity index (χ0n) is 16.5. The number of nitrogens with zero attached hydrogens (tertiary/aromatic N) is 4. The summed E-state index contributed by atoms with van der Waals surface area (Å²) in [7, 11) is 4.59. The van der Waals surface area contributed by atoms with Gasteiger partial charge in [-0.25, -0.2) is 9.97 Å². The summed E-state index contributed by atoms with van der Waals surface area (Å²) in [6.07, 6.45) is 3.43. The van der Waals surface area contributed by atoms with Crippen LogP contribution in [0.4, 0.5) is 5.82 Å². The summed E-state index contributed by atoms with van der Waals surface area (Å²) >= 11 is 0. The molecule has 0 fully saturated rings. The molecule has 0 spiro atoms. The van der Waals surface area contributed by atoms with E-state index >= 15 is 0 Å². The Balaban J connectivity index is 2.01. The molecule has 2 aliphatic rings. The van der Waals surface area contributed by atoms with Crippen molar-refractivity contribution in [1.29, 1.82) is 0 Å². The molecule has 1 aromatic carbocycles. The van der Waals surface area contributed by atoms with Crippen LogP contribution >= 0.6 is 0 Å². The topological polar surface area (TPSA) is 88.0 Å². The summed E-state index contributed by atoms with van der Waals surface area (Å²) in [5.41, 5.74) is 3.45. The van der Waals surface area contributed by atoms with Gasteiger partial charge in [-0.3, -0.25) is 9.69 Å². The molecular formula is C21H22N4O4. The molecule has 0 bridgehead atoms. The van der Waals surface area contributed by atoms with Crippen molar-refractivity contribution in [1.82, 2.24) is 14.9 Å². The van der Waals surface area contributed by atoms with E-state index in [-0.39, 0.29) is 11.5 Å². The molecule has 2 aromatic rings. The molecule has 3 heterocycles. The Morgan fingerprint density at radius 3 is 2.66 bits per heavy atom. The molecule has 4 rings (SSSR count). The number of carbonyl (C=O) groups is 1. The van der Waals surface area contributed by atoms with Crippen molar-refractivity contribution in [3.8, 4) is 0 Å². The van der Waals surface area contributed by atoms with Gasteiger partial charge >= 0.3 is 0 Å². The summed E-state index contributed by atoms with van der Waals surface area (Å²) in [6, 6.07) is 9.25. The SMILES string of the molecule is COCCN1C(c2ccccc2)=Cc2ncnc3c2C1/C(=C(\O)OC)C(=O)N3C. The maximum atomic E-state index is 13.1. The van der Waals surface area contributed by atoms with Gasteiger partial charge in [-0.2, -0.15) is 0 Å². The quantitative estimate of drug-likeness (QED) is 0.615. The third kappa shape index (κ3) is 3.01. The number of hydrogen-bond acceptors (Lipinski definition) is 7. The van der Waals surface area contributed by atoms with Crippen LogP contribution in [0.15, 0.2) is 48.2 Å². The zero-order chi connectivity index (χ0) is 20.5. The largest absolute Gasteiger partial charge is 0.481 e. The van der Waals surface area contributed by atoms with Gasteiger partial charge in [0.1, 0.15) is 17.7 Å². The standard InChI is InChI=1S/C21H22N4O4/c1-24-19-16-14(22-12-23-19)11-15(13-7-5-4-6-8-13)25(9-10-28-2)18(16)17(20(24)26)21(27)29-3/h4-8,11-12,18,27H,9-10H2,1-3H3/b21-17-. The average Bonchev–Trinajstić information content (AvgIpc) is 2.76. The van der Waals surface area contributed by atoms with Crippen LogP contribution in [0.5, 0.6) is 0 Å². The first-order chi connectivity index (χ1) is 14.1. The average molecular weight is 394 g/mol. The molecule has 29 heavy (non-hydrogen) atoms. The van der Waals surface area contributed by atoms with Crippen LogP contribution in [0.3, 0.4) is 0 Å². The lowest BCUT2D eigenvalue weighted by atomic mass is 9.86. The molecule has 8 heteroatoms. The second-order valence-electron chi connectivity index (χ2n) is 6.77. The molecule has 0 saturated carbocycles. The van der Waals surface area contributed by atoms with Crippen LogP contribution in [-0.4, -0.2) is 60.3 Å². The predicted molar refractivity (Wildman–Crippen MR) is 108 cm³/mol. The Hall–Kier alpha value is -3.39. The molecule has 0 saturated heterocycles. The first-order valence-electron chi connectivity index (χ1n) is 9.21. The Bertz CT molecular complexity index is 1000. The van der Waals surface area contributed by atoms with Gasteiger partial charge in [-0.05, 0) is 11.6 Å². The first-order valence-corrected chi connectivity index (χ1v) is 9.21. The number of aliphatic hydroxyl groups is 1. The van der Waals surface area contributed by atoms with Crippen LogP contribution < -0.4 is 4.90 Å². The minimum atomic E-state index is -0.597. The minimum Gasteiger partial charge on any atom is -0.481 e. The van der Waals surface area contributed by atoms with E-state index in [0.717, 1.165) is 16.8 Å². The Morgan fingerprint density at radius 2 is 1.97 bits per heavy atom. The number of benzene rings is 1. The van der Waals surface area contributed by atoms with Gasteiger partial charge in [0, 0.05) is 32.0 Å². The third-order valence-electron chi connectivity index (χ3n) is 5.22. The number of likely N-dealkylation sites (N-methyl/N-ethyl adjacent to an activating group) is 1. The molecule has 1 unspecified atom stereocenters. The molecule has 8 nitrogen and oxygen atoms in total.